The van der Waals surface area contributed by atoms with Gasteiger partial charge in [-0.2, -0.15) is 0 Å². The number of carbonyl (C=O) groups is 1. The van der Waals surface area contributed by atoms with Crippen LogP contribution in [0, 0.1) is 5.92 Å². The van der Waals surface area contributed by atoms with Crippen molar-refractivity contribution in [3.63, 3.8) is 0 Å². The number of sulfonamides is 1. The Bertz CT molecular complexity index is 734. The third kappa shape index (κ3) is 6.29. The lowest BCUT2D eigenvalue weighted by molar-refractivity contribution is -0.148. The van der Waals surface area contributed by atoms with Gasteiger partial charge in [0.05, 0.1) is 16.9 Å². The fraction of sp³-hybridized carbons (Fsp3) is 0.667. The number of hydrogen-bond donors (Lipinski definition) is 3. The first-order chi connectivity index (χ1) is 13.4. The van der Waals surface area contributed by atoms with Gasteiger partial charge in [-0.15, -0.1) is 0 Å². The molecule has 2 rings (SSSR count). The van der Waals surface area contributed by atoms with E-state index < -0.39 is 28.0 Å². The standard InChI is InChI=1S/C21H33NO5S/c1-2-3-4-5-6-7-14-22-28(26,27)17-11-8-10-16(15-17)18-12-9-13-19(23)20(18)21(24)25/h8,10-11,15,18-20,22-23H,2-7,9,12-14H2,1H3,(H,24,25). The molecule has 28 heavy (non-hydrogen) atoms. The molecular weight excluding hydrogens is 378 g/mol. The first kappa shape index (κ1) is 22.8. The molecule has 0 amide bonds. The Hall–Kier alpha value is -1.44. The van der Waals surface area contributed by atoms with E-state index in [2.05, 4.69) is 11.6 Å². The zero-order valence-corrected chi connectivity index (χ0v) is 17.5. The van der Waals surface area contributed by atoms with E-state index >= 15 is 0 Å². The first-order valence-electron chi connectivity index (χ1n) is 10.4. The lowest BCUT2D eigenvalue weighted by Crippen LogP contribution is -2.37. The molecule has 1 aromatic carbocycles. The Labute approximate surface area is 168 Å². The van der Waals surface area contributed by atoms with E-state index in [1.165, 1.54) is 25.3 Å². The summed E-state index contributed by atoms with van der Waals surface area (Å²) in [6, 6.07) is 6.49. The van der Waals surface area contributed by atoms with Crippen LogP contribution in [0.2, 0.25) is 0 Å². The molecule has 6 nitrogen and oxygen atoms in total. The maximum atomic E-state index is 12.6. The third-order valence-electron chi connectivity index (χ3n) is 5.57. The van der Waals surface area contributed by atoms with Crippen LogP contribution in [0.1, 0.15) is 76.2 Å². The summed E-state index contributed by atoms with van der Waals surface area (Å²) in [6.45, 7) is 2.56. The van der Waals surface area contributed by atoms with Gasteiger partial charge in [0.25, 0.3) is 0 Å². The van der Waals surface area contributed by atoms with E-state index in [0.717, 1.165) is 25.7 Å². The van der Waals surface area contributed by atoms with Crippen molar-refractivity contribution in [2.24, 2.45) is 5.92 Å². The highest BCUT2D eigenvalue weighted by Gasteiger charge is 2.38. The summed E-state index contributed by atoms with van der Waals surface area (Å²) in [5, 5.41) is 19.6. The second kappa shape index (κ2) is 10.9. The Balaban J connectivity index is 2.02. The number of carboxylic acid groups (broad SMARTS) is 1. The molecule has 1 aliphatic carbocycles. The SMILES string of the molecule is CCCCCCCCNS(=O)(=O)c1cccc(C2CCCC(O)C2C(=O)O)c1. The van der Waals surface area contributed by atoms with Gasteiger partial charge in [-0.05, 0) is 42.9 Å². The molecule has 7 heteroatoms. The minimum atomic E-state index is -3.63. The molecule has 1 fully saturated rings. The monoisotopic (exact) mass is 411 g/mol. The lowest BCUT2D eigenvalue weighted by atomic mass is 9.74. The third-order valence-corrected chi connectivity index (χ3v) is 7.03. The molecule has 0 aliphatic heterocycles. The summed E-state index contributed by atoms with van der Waals surface area (Å²) < 4.78 is 27.9. The zero-order valence-electron chi connectivity index (χ0n) is 16.6. The number of nitrogens with one attached hydrogen (secondary N) is 1. The Morgan fingerprint density at radius 3 is 2.57 bits per heavy atom. The highest BCUT2D eigenvalue weighted by Crippen LogP contribution is 2.38. The summed E-state index contributed by atoms with van der Waals surface area (Å²) in [5.41, 5.74) is 0.661. The normalized spacial score (nSPS) is 22.9. The smallest absolute Gasteiger partial charge is 0.309 e. The van der Waals surface area contributed by atoms with Gasteiger partial charge in [-0.1, -0.05) is 57.6 Å². The molecule has 3 atom stereocenters. The average Bonchev–Trinajstić information content (AvgIpc) is 2.67. The second-order valence-electron chi connectivity index (χ2n) is 7.71. The van der Waals surface area contributed by atoms with E-state index in [9.17, 15) is 23.4 Å². The summed E-state index contributed by atoms with van der Waals surface area (Å²) in [5.74, 6) is -2.32. The lowest BCUT2D eigenvalue weighted by Gasteiger charge is -2.33. The largest absolute Gasteiger partial charge is 0.481 e. The van der Waals surface area contributed by atoms with Crippen LogP contribution in [0.25, 0.3) is 0 Å². The van der Waals surface area contributed by atoms with Crippen LogP contribution in [-0.4, -0.2) is 37.2 Å². The van der Waals surface area contributed by atoms with Crippen molar-refractivity contribution in [2.45, 2.75) is 81.6 Å². The van der Waals surface area contributed by atoms with Crippen molar-refractivity contribution in [3.8, 4) is 0 Å². The number of aliphatic hydroxyl groups excluding tert-OH is 1. The fourth-order valence-corrected chi connectivity index (χ4v) is 5.12. The van der Waals surface area contributed by atoms with Crippen LogP contribution in [0.4, 0.5) is 0 Å². The molecule has 0 radical (unpaired) electrons. The number of benzene rings is 1. The molecule has 1 saturated carbocycles. The van der Waals surface area contributed by atoms with Crippen molar-refractivity contribution < 1.29 is 23.4 Å². The predicted molar refractivity (Wildman–Crippen MR) is 109 cm³/mol. The van der Waals surface area contributed by atoms with Crippen molar-refractivity contribution >= 4 is 16.0 Å². The number of rotatable bonds is 11. The maximum Gasteiger partial charge on any atom is 0.309 e. The van der Waals surface area contributed by atoms with Gasteiger partial charge < -0.3 is 10.2 Å². The molecular formula is C21H33NO5S. The minimum absolute atomic E-state index is 0.153. The van der Waals surface area contributed by atoms with Gasteiger partial charge in [0.15, 0.2) is 0 Å². The zero-order chi connectivity index (χ0) is 20.6. The Kier molecular flexibility index (Phi) is 8.92. The molecule has 158 valence electrons. The van der Waals surface area contributed by atoms with Gasteiger partial charge in [0.2, 0.25) is 10.0 Å². The van der Waals surface area contributed by atoms with E-state index in [1.54, 1.807) is 18.2 Å². The molecule has 3 N–H and O–H groups in total. The summed E-state index contributed by atoms with van der Waals surface area (Å²) >= 11 is 0. The molecule has 3 unspecified atom stereocenters. The van der Waals surface area contributed by atoms with E-state index in [4.69, 9.17) is 0 Å². The number of carboxylic acids is 1. The molecule has 0 aromatic heterocycles. The highest BCUT2D eigenvalue weighted by molar-refractivity contribution is 7.89. The Morgan fingerprint density at radius 2 is 1.86 bits per heavy atom. The van der Waals surface area contributed by atoms with Crippen LogP contribution in [-0.2, 0) is 14.8 Å². The van der Waals surface area contributed by atoms with E-state index in [0.29, 0.717) is 24.9 Å². The molecule has 0 heterocycles. The highest BCUT2D eigenvalue weighted by atomic mass is 32.2. The minimum Gasteiger partial charge on any atom is -0.481 e. The molecule has 1 aliphatic rings. The molecule has 0 spiro atoms. The average molecular weight is 412 g/mol. The van der Waals surface area contributed by atoms with Gasteiger partial charge in [-0.25, -0.2) is 13.1 Å². The summed E-state index contributed by atoms with van der Waals surface area (Å²) in [6.07, 6.45) is 7.42. The van der Waals surface area contributed by atoms with Gasteiger partial charge in [-0.3, -0.25) is 4.79 Å². The van der Waals surface area contributed by atoms with Crippen LogP contribution in [0.5, 0.6) is 0 Å². The molecule has 1 aromatic rings. The van der Waals surface area contributed by atoms with Crippen molar-refractivity contribution in [3.05, 3.63) is 29.8 Å². The van der Waals surface area contributed by atoms with Crippen molar-refractivity contribution in [1.29, 1.82) is 0 Å². The fourth-order valence-electron chi connectivity index (χ4n) is 3.99. The van der Waals surface area contributed by atoms with Crippen LogP contribution in [0.3, 0.4) is 0 Å². The number of hydrogen-bond acceptors (Lipinski definition) is 4. The maximum absolute atomic E-state index is 12.6. The second-order valence-corrected chi connectivity index (χ2v) is 9.47. The van der Waals surface area contributed by atoms with E-state index in [1.807, 2.05) is 0 Å². The van der Waals surface area contributed by atoms with Gasteiger partial charge in [0.1, 0.15) is 0 Å². The topological polar surface area (TPSA) is 104 Å². The van der Waals surface area contributed by atoms with Crippen molar-refractivity contribution in [1.82, 2.24) is 4.72 Å². The van der Waals surface area contributed by atoms with E-state index in [-0.39, 0.29) is 10.8 Å². The van der Waals surface area contributed by atoms with Gasteiger partial charge >= 0.3 is 5.97 Å². The summed E-state index contributed by atoms with van der Waals surface area (Å²) in [7, 11) is -3.63. The molecule has 0 bridgehead atoms. The van der Waals surface area contributed by atoms with Gasteiger partial charge in [0, 0.05) is 6.54 Å². The Morgan fingerprint density at radius 1 is 1.14 bits per heavy atom. The number of unbranched alkanes of at least 4 members (excludes halogenated alkanes) is 5. The first-order valence-corrected chi connectivity index (χ1v) is 11.9. The summed E-state index contributed by atoms with van der Waals surface area (Å²) in [4.78, 5) is 11.8. The van der Waals surface area contributed by atoms with Crippen molar-refractivity contribution in [2.75, 3.05) is 6.54 Å². The predicted octanol–water partition coefficient (Wildman–Crippen LogP) is 3.65. The molecule has 0 saturated heterocycles. The van der Waals surface area contributed by atoms with Crippen LogP contribution >= 0.6 is 0 Å². The van der Waals surface area contributed by atoms with Crippen LogP contribution < -0.4 is 4.72 Å². The quantitative estimate of drug-likeness (QED) is 0.482. The number of aliphatic hydroxyl groups is 1. The number of aliphatic carboxylic acids is 1. The van der Waals surface area contributed by atoms with Crippen LogP contribution in [0.15, 0.2) is 29.2 Å².